The number of anilines is 1. The smallest absolute Gasteiger partial charge is 0.339 e. The van der Waals surface area contributed by atoms with Crippen LogP contribution >= 0.6 is 11.3 Å². The summed E-state index contributed by atoms with van der Waals surface area (Å²) in [5.74, 6) is 0.265. The Bertz CT molecular complexity index is 1500. The van der Waals surface area contributed by atoms with Crippen LogP contribution in [0.5, 0.6) is 0 Å². The van der Waals surface area contributed by atoms with E-state index in [0.29, 0.717) is 36.7 Å². The minimum Gasteiger partial charge on any atom is -0.339 e. The maximum absolute atomic E-state index is 13.2. The highest BCUT2D eigenvalue weighted by atomic mass is 32.1. The van der Waals surface area contributed by atoms with Gasteiger partial charge in [-0.3, -0.25) is 14.9 Å². The van der Waals surface area contributed by atoms with E-state index in [2.05, 4.69) is 9.97 Å². The lowest BCUT2D eigenvalue weighted by molar-refractivity contribution is -0.383. The molecule has 0 N–H and O–H groups in total. The number of rotatable bonds is 3. The van der Waals surface area contributed by atoms with Gasteiger partial charge in [-0.15, -0.1) is 0 Å². The molecule has 0 bridgehead atoms. The summed E-state index contributed by atoms with van der Waals surface area (Å²) in [6.45, 7) is 1.10. The summed E-state index contributed by atoms with van der Waals surface area (Å²) in [6, 6.07) is 6.88. The van der Waals surface area contributed by atoms with Crippen molar-refractivity contribution < 1.29 is 22.5 Å². The minimum absolute atomic E-state index is 0.151. The van der Waals surface area contributed by atoms with E-state index >= 15 is 0 Å². The average molecular weight is 491 g/mol. The fraction of sp³-hybridized carbons (Fsp3) is 0.190. The maximum Gasteiger partial charge on any atom is 0.416 e. The standard InChI is InChI=1S/C21H13F4N5O3S/c22-13-3-1-11(2-4-13)15-9-28-5-6-29(10-17(28)26-15)20-27-19(31)14-7-12(21(23,24)25)8-16(30(32)33)18(14)34-20/h1-4,7-9H,5-6,10H2. The van der Waals surface area contributed by atoms with Gasteiger partial charge in [0.05, 0.1) is 28.1 Å². The van der Waals surface area contributed by atoms with Gasteiger partial charge in [0.15, 0.2) is 5.13 Å². The molecule has 0 amide bonds. The first-order valence-electron chi connectivity index (χ1n) is 9.87. The highest BCUT2D eigenvalue weighted by Crippen LogP contribution is 2.38. The molecule has 0 fully saturated rings. The van der Waals surface area contributed by atoms with E-state index in [1.165, 1.54) is 12.1 Å². The zero-order valence-corrected chi connectivity index (χ0v) is 17.9. The second-order valence-corrected chi connectivity index (χ2v) is 8.57. The fourth-order valence-corrected chi connectivity index (χ4v) is 4.84. The molecule has 13 heteroatoms. The zero-order chi connectivity index (χ0) is 24.2. The third-order valence-electron chi connectivity index (χ3n) is 5.43. The number of nitrogens with zero attached hydrogens (tertiary/aromatic N) is 5. The quantitative estimate of drug-likeness (QED) is 0.236. The van der Waals surface area contributed by atoms with Gasteiger partial charge in [-0.1, -0.05) is 11.3 Å². The Kier molecular flexibility index (Phi) is 5.08. The molecule has 8 nitrogen and oxygen atoms in total. The van der Waals surface area contributed by atoms with Gasteiger partial charge in [0.2, 0.25) is 0 Å². The van der Waals surface area contributed by atoms with Gasteiger partial charge in [-0.25, -0.2) is 9.37 Å². The predicted molar refractivity (Wildman–Crippen MR) is 116 cm³/mol. The van der Waals surface area contributed by atoms with Crippen molar-refractivity contribution in [2.24, 2.45) is 0 Å². The monoisotopic (exact) mass is 491 g/mol. The molecule has 0 radical (unpaired) electrons. The third kappa shape index (κ3) is 3.87. The fourth-order valence-electron chi connectivity index (χ4n) is 3.75. The van der Waals surface area contributed by atoms with Crippen molar-refractivity contribution in [2.75, 3.05) is 11.4 Å². The van der Waals surface area contributed by atoms with Crippen LogP contribution in [0.15, 0.2) is 47.4 Å². The van der Waals surface area contributed by atoms with E-state index in [1.807, 2.05) is 10.8 Å². The lowest BCUT2D eigenvalue weighted by Gasteiger charge is -2.27. The number of fused-ring (bicyclic) bond motifs is 2. The van der Waals surface area contributed by atoms with Crippen molar-refractivity contribution in [2.45, 2.75) is 19.3 Å². The van der Waals surface area contributed by atoms with E-state index in [4.69, 9.17) is 0 Å². The molecule has 0 atom stereocenters. The van der Waals surface area contributed by atoms with Crippen LogP contribution in [-0.2, 0) is 19.3 Å². The van der Waals surface area contributed by atoms with E-state index in [9.17, 15) is 32.5 Å². The van der Waals surface area contributed by atoms with Crippen LogP contribution in [0.2, 0.25) is 0 Å². The number of imidazole rings is 1. The minimum atomic E-state index is -4.85. The van der Waals surface area contributed by atoms with Crippen LogP contribution in [0.1, 0.15) is 11.4 Å². The van der Waals surface area contributed by atoms with E-state index in [0.717, 1.165) is 16.9 Å². The normalized spacial score (nSPS) is 13.8. The molecule has 4 aromatic rings. The number of nitro benzene ring substituents is 1. The molecule has 0 saturated carbocycles. The van der Waals surface area contributed by atoms with Gasteiger partial charge in [0, 0.05) is 30.9 Å². The van der Waals surface area contributed by atoms with Crippen LogP contribution in [0.4, 0.5) is 28.4 Å². The molecule has 2 aromatic carbocycles. The molecule has 0 spiro atoms. The second-order valence-electron chi connectivity index (χ2n) is 7.59. The lowest BCUT2D eigenvalue weighted by Crippen LogP contribution is -2.34. The summed E-state index contributed by atoms with van der Waals surface area (Å²) in [5, 5.41) is 11.2. The maximum atomic E-state index is 13.2. The van der Waals surface area contributed by atoms with Crippen LogP contribution < -0.4 is 10.5 Å². The number of alkyl halides is 3. The summed E-state index contributed by atoms with van der Waals surface area (Å²) in [7, 11) is 0. The number of non-ortho nitro benzene ring substituents is 1. The molecular formula is C21H13F4N5O3S. The van der Waals surface area contributed by atoms with Crippen LogP contribution in [0.3, 0.4) is 0 Å². The summed E-state index contributed by atoms with van der Waals surface area (Å²) in [6.07, 6.45) is -3.03. The summed E-state index contributed by atoms with van der Waals surface area (Å²) in [5.41, 5.74) is -1.70. The molecule has 174 valence electrons. The van der Waals surface area contributed by atoms with Crippen molar-refractivity contribution in [3.05, 3.63) is 80.3 Å². The van der Waals surface area contributed by atoms with Crippen molar-refractivity contribution in [1.82, 2.24) is 14.5 Å². The van der Waals surface area contributed by atoms with Crippen molar-refractivity contribution in [3.8, 4) is 11.3 Å². The molecule has 0 unspecified atom stereocenters. The van der Waals surface area contributed by atoms with Crippen molar-refractivity contribution >= 4 is 32.2 Å². The number of aromatic nitrogens is 3. The molecule has 5 rings (SSSR count). The number of hydrogen-bond donors (Lipinski definition) is 0. The lowest BCUT2D eigenvalue weighted by atomic mass is 10.1. The SMILES string of the molecule is O=c1nc(N2CCn3cc(-c4ccc(F)cc4)nc3C2)sc2c([N+](=O)[O-])cc(C(F)(F)F)cc12. The molecule has 1 aliphatic rings. The molecule has 2 aromatic heterocycles. The van der Waals surface area contributed by atoms with E-state index in [-0.39, 0.29) is 22.2 Å². The third-order valence-corrected chi connectivity index (χ3v) is 6.59. The first-order valence-corrected chi connectivity index (χ1v) is 10.7. The van der Waals surface area contributed by atoms with Crippen LogP contribution in [0.25, 0.3) is 21.3 Å². The summed E-state index contributed by atoms with van der Waals surface area (Å²) in [4.78, 5) is 33.3. The largest absolute Gasteiger partial charge is 0.416 e. The van der Waals surface area contributed by atoms with Gasteiger partial charge < -0.3 is 9.47 Å². The Balaban J connectivity index is 1.53. The van der Waals surface area contributed by atoms with Crippen molar-refractivity contribution in [3.63, 3.8) is 0 Å². The molecule has 0 saturated heterocycles. The van der Waals surface area contributed by atoms with Gasteiger partial charge in [-0.05, 0) is 30.3 Å². The van der Waals surface area contributed by atoms with Gasteiger partial charge in [0.1, 0.15) is 16.3 Å². The predicted octanol–water partition coefficient (Wildman–Crippen LogP) is 4.61. The Labute approximate surface area is 191 Å². The summed E-state index contributed by atoms with van der Waals surface area (Å²) >= 11 is 0.788. The average Bonchev–Trinajstić information content (AvgIpc) is 3.21. The van der Waals surface area contributed by atoms with Gasteiger partial charge in [0.25, 0.3) is 11.2 Å². The van der Waals surface area contributed by atoms with Crippen molar-refractivity contribution in [1.29, 1.82) is 0 Å². The molecular weight excluding hydrogens is 478 g/mol. The van der Waals surface area contributed by atoms with Gasteiger partial charge >= 0.3 is 6.18 Å². The van der Waals surface area contributed by atoms with Crippen LogP contribution in [0, 0.1) is 15.9 Å². The second kappa shape index (κ2) is 7.87. The molecule has 3 heterocycles. The number of hydrogen-bond acceptors (Lipinski definition) is 7. The Hall–Kier alpha value is -3.87. The summed E-state index contributed by atoms with van der Waals surface area (Å²) < 4.78 is 54.4. The number of benzene rings is 2. The zero-order valence-electron chi connectivity index (χ0n) is 17.0. The molecule has 0 aliphatic carbocycles. The van der Waals surface area contributed by atoms with E-state index in [1.54, 1.807) is 17.0 Å². The first-order chi connectivity index (χ1) is 16.1. The molecule has 34 heavy (non-hydrogen) atoms. The van der Waals surface area contributed by atoms with Gasteiger partial charge in [-0.2, -0.15) is 18.2 Å². The first kappa shape index (κ1) is 21.9. The van der Waals surface area contributed by atoms with E-state index < -0.39 is 33.3 Å². The highest BCUT2D eigenvalue weighted by molar-refractivity contribution is 7.22. The highest BCUT2D eigenvalue weighted by Gasteiger charge is 2.34. The Morgan fingerprint density at radius 1 is 1.09 bits per heavy atom. The van der Waals surface area contributed by atoms with Crippen LogP contribution in [-0.4, -0.2) is 26.0 Å². The Morgan fingerprint density at radius 2 is 1.82 bits per heavy atom. The topological polar surface area (TPSA) is 94.2 Å². The number of nitro groups is 1. The molecule has 1 aliphatic heterocycles. The number of halogens is 4. The Morgan fingerprint density at radius 3 is 2.50 bits per heavy atom.